The number of thiazole rings is 1. The number of fused-ring (bicyclic) bond motifs is 1. The molecule has 0 radical (unpaired) electrons. The molecule has 3 amide bonds. The lowest BCUT2D eigenvalue weighted by atomic mass is 10.00. The standard InChI is InChI=1S/C29H39N5O4S/c1-18(2)14-24(32-29(38)34-12-8-4-5-9-13-34)27(35)31-21(16-25-33-26(28(36)37)19(3)39-25)15-20-17-30-23-11-7-6-10-22(20)23/h6-7,10-11,17-18,21,24,30H,4-5,8-9,12-16H2,1-3H3,(H,31,35)(H,32,38)(H,36,37)/t21-,24+/m1/s1. The van der Waals surface area contributed by atoms with Gasteiger partial charge in [0.2, 0.25) is 5.91 Å². The molecule has 1 fully saturated rings. The Balaban J connectivity index is 1.54. The van der Waals surface area contributed by atoms with Crippen LogP contribution in [0.25, 0.3) is 10.9 Å². The van der Waals surface area contributed by atoms with Crippen LogP contribution in [0.15, 0.2) is 30.5 Å². The van der Waals surface area contributed by atoms with Gasteiger partial charge >= 0.3 is 12.0 Å². The lowest BCUT2D eigenvalue weighted by molar-refractivity contribution is -0.124. The number of carboxylic acids is 1. The fourth-order valence-electron chi connectivity index (χ4n) is 5.21. The molecule has 1 aliphatic heterocycles. The Morgan fingerprint density at radius 2 is 1.79 bits per heavy atom. The number of hydrogen-bond donors (Lipinski definition) is 4. The highest BCUT2D eigenvalue weighted by Crippen LogP contribution is 2.23. The summed E-state index contributed by atoms with van der Waals surface area (Å²) in [4.78, 5) is 48.4. The molecular formula is C29H39N5O4S. The zero-order chi connectivity index (χ0) is 27.9. The molecule has 0 saturated carbocycles. The normalized spacial score (nSPS) is 15.6. The minimum atomic E-state index is -1.06. The van der Waals surface area contributed by atoms with Crippen molar-refractivity contribution in [1.29, 1.82) is 0 Å². The van der Waals surface area contributed by atoms with Crippen molar-refractivity contribution >= 4 is 40.1 Å². The summed E-state index contributed by atoms with van der Waals surface area (Å²) in [6, 6.07) is 6.80. The molecule has 210 valence electrons. The number of aromatic amines is 1. The molecular weight excluding hydrogens is 514 g/mol. The molecule has 4 rings (SSSR count). The van der Waals surface area contributed by atoms with Crippen molar-refractivity contribution in [1.82, 2.24) is 25.5 Å². The number of aromatic carboxylic acids is 1. The molecule has 2 aromatic heterocycles. The van der Waals surface area contributed by atoms with Gasteiger partial charge in [-0.15, -0.1) is 11.3 Å². The number of para-hydroxylation sites is 1. The van der Waals surface area contributed by atoms with Crippen LogP contribution in [0.2, 0.25) is 0 Å². The van der Waals surface area contributed by atoms with Crippen molar-refractivity contribution in [2.24, 2.45) is 5.92 Å². The minimum absolute atomic E-state index is 0.0505. The van der Waals surface area contributed by atoms with Crippen molar-refractivity contribution < 1.29 is 19.5 Å². The van der Waals surface area contributed by atoms with Gasteiger partial charge < -0.3 is 25.6 Å². The van der Waals surface area contributed by atoms with Crippen LogP contribution in [-0.4, -0.2) is 63.1 Å². The van der Waals surface area contributed by atoms with E-state index in [4.69, 9.17) is 0 Å². The number of aryl methyl sites for hydroxylation is 1. The molecule has 0 unspecified atom stereocenters. The van der Waals surface area contributed by atoms with Gasteiger partial charge in [-0.1, -0.05) is 44.9 Å². The van der Waals surface area contributed by atoms with Gasteiger partial charge in [-0.2, -0.15) is 0 Å². The van der Waals surface area contributed by atoms with Crippen molar-refractivity contribution in [2.45, 2.75) is 77.8 Å². The van der Waals surface area contributed by atoms with Crippen LogP contribution >= 0.6 is 11.3 Å². The maximum Gasteiger partial charge on any atom is 0.355 e. The lowest BCUT2D eigenvalue weighted by Gasteiger charge is -2.27. The monoisotopic (exact) mass is 553 g/mol. The summed E-state index contributed by atoms with van der Waals surface area (Å²) in [5.74, 6) is -1.08. The summed E-state index contributed by atoms with van der Waals surface area (Å²) in [6.07, 6.45) is 7.59. The third-order valence-corrected chi connectivity index (χ3v) is 8.16. The SMILES string of the molecule is Cc1sc(C[C@@H](Cc2c[nH]c3ccccc23)NC(=O)[C@H](CC(C)C)NC(=O)N2CCCCCC2)nc1C(=O)O. The number of nitrogens with zero attached hydrogens (tertiary/aromatic N) is 2. The number of H-pyrrole nitrogens is 1. The van der Waals surface area contributed by atoms with E-state index in [0.717, 1.165) is 42.1 Å². The predicted molar refractivity (Wildman–Crippen MR) is 153 cm³/mol. The van der Waals surface area contributed by atoms with Gasteiger partial charge in [0.05, 0.1) is 5.01 Å². The number of hydrogen-bond acceptors (Lipinski definition) is 5. The minimum Gasteiger partial charge on any atom is -0.476 e. The van der Waals surface area contributed by atoms with Gasteiger partial charge in [-0.3, -0.25) is 4.79 Å². The molecule has 3 heterocycles. The lowest BCUT2D eigenvalue weighted by Crippen LogP contribution is -2.54. The molecule has 1 aromatic carbocycles. The summed E-state index contributed by atoms with van der Waals surface area (Å²) >= 11 is 1.34. The highest BCUT2D eigenvalue weighted by Gasteiger charge is 2.28. The van der Waals surface area contributed by atoms with Gasteiger partial charge in [-0.05, 0) is 50.2 Å². The number of amides is 3. The predicted octanol–water partition coefficient (Wildman–Crippen LogP) is 4.90. The Hall–Kier alpha value is -3.40. The third-order valence-electron chi connectivity index (χ3n) is 7.17. The Morgan fingerprint density at radius 1 is 1.08 bits per heavy atom. The number of carbonyl (C=O) groups excluding carboxylic acids is 2. The second kappa shape index (κ2) is 13.1. The van der Waals surface area contributed by atoms with Crippen molar-refractivity contribution in [3.63, 3.8) is 0 Å². The number of rotatable bonds is 10. The number of aromatic nitrogens is 2. The van der Waals surface area contributed by atoms with Crippen LogP contribution in [-0.2, 0) is 17.6 Å². The number of nitrogens with one attached hydrogen (secondary N) is 3. The quantitative estimate of drug-likeness (QED) is 0.284. The molecule has 10 heteroatoms. The van der Waals surface area contributed by atoms with E-state index >= 15 is 0 Å². The van der Waals surface area contributed by atoms with Crippen LogP contribution in [0, 0.1) is 12.8 Å². The number of carboxylic acid groups (broad SMARTS) is 1. The van der Waals surface area contributed by atoms with E-state index in [2.05, 4.69) is 20.6 Å². The molecule has 9 nitrogen and oxygen atoms in total. The van der Waals surface area contributed by atoms with Gasteiger partial charge in [0.15, 0.2) is 5.69 Å². The van der Waals surface area contributed by atoms with Crippen LogP contribution in [0.4, 0.5) is 4.79 Å². The zero-order valence-corrected chi connectivity index (χ0v) is 23.8. The van der Waals surface area contributed by atoms with Gasteiger partial charge in [0.25, 0.3) is 0 Å². The largest absolute Gasteiger partial charge is 0.476 e. The van der Waals surface area contributed by atoms with Crippen molar-refractivity contribution in [2.75, 3.05) is 13.1 Å². The van der Waals surface area contributed by atoms with Gasteiger partial charge in [0.1, 0.15) is 6.04 Å². The molecule has 1 aliphatic rings. The van der Waals surface area contributed by atoms with Crippen LogP contribution in [0.1, 0.15) is 71.9 Å². The third kappa shape index (κ3) is 7.59. The summed E-state index contributed by atoms with van der Waals surface area (Å²) in [7, 11) is 0. The van der Waals surface area contributed by atoms with E-state index in [9.17, 15) is 19.5 Å². The van der Waals surface area contributed by atoms with Gasteiger partial charge in [0, 0.05) is 47.5 Å². The number of urea groups is 1. The Bertz CT molecular complexity index is 1290. The summed E-state index contributed by atoms with van der Waals surface area (Å²) in [6.45, 7) is 7.23. The maximum absolute atomic E-state index is 13.7. The first-order chi connectivity index (χ1) is 18.7. The first-order valence-corrected chi connectivity index (χ1v) is 14.6. The maximum atomic E-state index is 13.7. The number of benzene rings is 1. The van der Waals surface area contributed by atoms with E-state index in [1.165, 1.54) is 11.3 Å². The highest BCUT2D eigenvalue weighted by atomic mass is 32.1. The second-order valence-electron chi connectivity index (χ2n) is 10.8. The molecule has 0 bridgehead atoms. The summed E-state index contributed by atoms with van der Waals surface area (Å²) in [5.41, 5.74) is 2.12. The molecule has 0 aliphatic carbocycles. The highest BCUT2D eigenvalue weighted by molar-refractivity contribution is 7.11. The number of carbonyl (C=O) groups is 3. The first kappa shape index (κ1) is 28.6. The average Bonchev–Trinajstić information content (AvgIpc) is 3.34. The average molecular weight is 554 g/mol. The first-order valence-electron chi connectivity index (χ1n) is 13.8. The second-order valence-corrected chi connectivity index (χ2v) is 12.1. The summed E-state index contributed by atoms with van der Waals surface area (Å²) in [5, 5.41) is 17.4. The van der Waals surface area contributed by atoms with Crippen LogP contribution in [0.5, 0.6) is 0 Å². The summed E-state index contributed by atoms with van der Waals surface area (Å²) < 4.78 is 0. The molecule has 3 aromatic rings. The van der Waals surface area contributed by atoms with E-state index in [0.29, 0.717) is 42.2 Å². The topological polar surface area (TPSA) is 127 Å². The van der Waals surface area contributed by atoms with Crippen LogP contribution in [0.3, 0.4) is 0 Å². The van der Waals surface area contributed by atoms with E-state index in [1.807, 2.05) is 49.2 Å². The Labute approximate surface area is 233 Å². The van der Waals surface area contributed by atoms with E-state index < -0.39 is 12.0 Å². The molecule has 2 atom stereocenters. The fourth-order valence-corrected chi connectivity index (χ4v) is 6.21. The smallest absolute Gasteiger partial charge is 0.355 e. The van der Waals surface area contributed by atoms with Crippen LogP contribution < -0.4 is 10.6 Å². The van der Waals surface area contributed by atoms with Crippen molar-refractivity contribution in [3.8, 4) is 0 Å². The molecule has 4 N–H and O–H groups in total. The Morgan fingerprint density at radius 3 is 2.46 bits per heavy atom. The zero-order valence-electron chi connectivity index (χ0n) is 23.0. The molecule has 1 saturated heterocycles. The van der Waals surface area contributed by atoms with E-state index in [1.54, 1.807) is 6.92 Å². The van der Waals surface area contributed by atoms with Gasteiger partial charge in [-0.25, -0.2) is 14.6 Å². The number of likely N-dealkylation sites (tertiary alicyclic amines) is 1. The Kier molecular flexibility index (Phi) is 9.61. The molecule has 39 heavy (non-hydrogen) atoms. The fraction of sp³-hybridized carbons (Fsp3) is 0.517. The molecule has 0 spiro atoms. The van der Waals surface area contributed by atoms with E-state index in [-0.39, 0.29) is 29.6 Å². The van der Waals surface area contributed by atoms with Crippen molar-refractivity contribution in [3.05, 3.63) is 51.6 Å².